The van der Waals surface area contributed by atoms with Crippen LogP contribution in [0, 0.1) is 6.92 Å². The van der Waals surface area contributed by atoms with Crippen LogP contribution in [0.25, 0.3) is 0 Å². The first-order valence-corrected chi connectivity index (χ1v) is 8.02. The van der Waals surface area contributed by atoms with Crippen LogP contribution in [0.3, 0.4) is 0 Å². The largest absolute Gasteiger partial charge is 0.497 e. The molecule has 0 radical (unpaired) electrons. The van der Waals surface area contributed by atoms with Crippen molar-refractivity contribution in [3.63, 3.8) is 0 Å². The number of nitrogens with zero attached hydrogens (tertiary/aromatic N) is 3. The number of carbonyl (C=O) groups excluding carboxylic acids is 1. The quantitative estimate of drug-likeness (QED) is 0.751. The molecule has 1 heterocycles. The van der Waals surface area contributed by atoms with E-state index in [9.17, 15) is 4.79 Å². The lowest BCUT2D eigenvalue weighted by molar-refractivity contribution is 0.0945. The second-order valence-corrected chi connectivity index (χ2v) is 5.70. The Balaban J connectivity index is 1.66. The number of nitrogens with one attached hydrogen (secondary N) is 1. The molecule has 0 atom stereocenters. The number of ether oxygens (including phenoxy) is 1. The predicted octanol–water partition coefficient (Wildman–Crippen LogP) is 2.57. The molecule has 3 rings (SSSR count). The number of carbonyl (C=O) groups is 1. The second-order valence-electron chi connectivity index (χ2n) is 5.70. The molecular weight excluding hydrogens is 316 g/mol. The van der Waals surface area contributed by atoms with Crippen LogP contribution in [0.2, 0.25) is 0 Å². The molecule has 2 aromatic carbocycles. The van der Waals surface area contributed by atoms with Crippen molar-refractivity contribution in [3.05, 3.63) is 77.1 Å². The van der Waals surface area contributed by atoms with Gasteiger partial charge in [-0.3, -0.25) is 4.79 Å². The van der Waals surface area contributed by atoms with Gasteiger partial charge in [0.05, 0.1) is 19.3 Å². The first-order valence-electron chi connectivity index (χ1n) is 8.02. The first-order chi connectivity index (χ1) is 12.2. The van der Waals surface area contributed by atoms with E-state index in [0.717, 1.165) is 22.6 Å². The van der Waals surface area contributed by atoms with Crippen molar-refractivity contribution in [2.24, 2.45) is 0 Å². The molecule has 0 bridgehead atoms. The van der Waals surface area contributed by atoms with Gasteiger partial charge in [0.1, 0.15) is 5.75 Å². The Bertz CT molecular complexity index is 859. The summed E-state index contributed by atoms with van der Waals surface area (Å²) in [4.78, 5) is 12.4. The van der Waals surface area contributed by atoms with Gasteiger partial charge < -0.3 is 10.1 Å². The topological polar surface area (TPSA) is 69.0 Å². The van der Waals surface area contributed by atoms with Crippen LogP contribution in [-0.4, -0.2) is 28.0 Å². The minimum atomic E-state index is -0.236. The molecule has 0 aliphatic carbocycles. The van der Waals surface area contributed by atoms with Gasteiger partial charge in [-0.1, -0.05) is 47.7 Å². The Morgan fingerprint density at radius 3 is 2.64 bits per heavy atom. The summed E-state index contributed by atoms with van der Waals surface area (Å²) < 4.78 is 6.92. The van der Waals surface area contributed by atoms with Gasteiger partial charge in [-0.2, -0.15) is 0 Å². The minimum absolute atomic E-state index is 0.236. The number of rotatable bonds is 6. The van der Waals surface area contributed by atoms with Crippen LogP contribution >= 0.6 is 0 Å². The summed E-state index contributed by atoms with van der Waals surface area (Å²) in [6.07, 6.45) is 0. The number of hydrogen-bond acceptors (Lipinski definition) is 4. The SMILES string of the molecule is COc1cccc(CNC(=O)c2nnn(Cc3ccccc3)c2C)c1. The maximum absolute atomic E-state index is 12.4. The van der Waals surface area contributed by atoms with E-state index in [4.69, 9.17) is 4.74 Å². The Morgan fingerprint density at radius 1 is 1.12 bits per heavy atom. The van der Waals surface area contributed by atoms with E-state index in [2.05, 4.69) is 15.6 Å². The average Bonchev–Trinajstić information content (AvgIpc) is 3.01. The molecule has 6 heteroatoms. The maximum atomic E-state index is 12.4. The van der Waals surface area contributed by atoms with Crippen LogP contribution in [0.4, 0.5) is 0 Å². The molecule has 25 heavy (non-hydrogen) atoms. The highest BCUT2D eigenvalue weighted by Crippen LogP contribution is 2.13. The number of aromatic nitrogens is 3. The average molecular weight is 336 g/mol. The Hall–Kier alpha value is -3.15. The highest BCUT2D eigenvalue weighted by atomic mass is 16.5. The fraction of sp³-hybridized carbons (Fsp3) is 0.211. The zero-order valence-electron chi connectivity index (χ0n) is 14.3. The van der Waals surface area contributed by atoms with Crippen molar-refractivity contribution in [2.45, 2.75) is 20.0 Å². The standard InChI is InChI=1S/C19H20N4O2/c1-14-18(21-22-23(14)13-15-7-4-3-5-8-15)19(24)20-12-16-9-6-10-17(11-16)25-2/h3-11H,12-13H2,1-2H3,(H,20,24). The molecule has 0 fully saturated rings. The number of methoxy groups -OCH3 is 1. The monoisotopic (exact) mass is 336 g/mol. The van der Waals surface area contributed by atoms with E-state index < -0.39 is 0 Å². The molecule has 0 saturated heterocycles. The maximum Gasteiger partial charge on any atom is 0.274 e. The van der Waals surface area contributed by atoms with Crippen LogP contribution in [0.5, 0.6) is 5.75 Å². The van der Waals surface area contributed by atoms with Gasteiger partial charge in [0, 0.05) is 6.54 Å². The van der Waals surface area contributed by atoms with Crippen LogP contribution < -0.4 is 10.1 Å². The molecule has 1 amide bonds. The van der Waals surface area contributed by atoms with E-state index in [-0.39, 0.29) is 5.91 Å². The fourth-order valence-electron chi connectivity index (χ4n) is 2.53. The molecule has 1 N–H and O–H groups in total. The lowest BCUT2D eigenvalue weighted by atomic mass is 10.2. The molecule has 6 nitrogen and oxygen atoms in total. The molecule has 0 aliphatic rings. The van der Waals surface area contributed by atoms with Crippen molar-refractivity contribution < 1.29 is 9.53 Å². The molecular formula is C19H20N4O2. The summed E-state index contributed by atoms with van der Waals surface area (Å²) in [6, 6.07) is 17.5. The zero-order valence-corrected chi connectivity index (χ0v) is 14.3. The van der Waals surface area contributed by atoms with Crippen molar-refractivity contribution in [3.8, 4) is 5.75 Å². The number of hydrogen-bond donors (Lipinski definition) is 1. The smallest absolute Gasteiger partial charge is 0.274 e. The highest BCUT2D eigenvalue weighted by molar-refractivity contribution is 5.93. The van der Waals surface area contributed by atoms with Crippen molar-refractivity contribution >= 4 is 5.91 Å². The lowest BCUT2D eigenvalue weighted by Gasteiger charge is -2.07. The Kier molecular flexibility index (Phi) is 5.09. The van der Waals surface area contributed by atoms with Crippen LogP contribution in [-0.2, 0) is 13.1 Å². The first kappa shape index (κ1) is 16.7. The van der Waals surface area contributed by atoms with Gasteiger partial charge in [0.25, 0.3) is 5.91 Å². The third-order valence-corrected chi connectivity index (χ3v) is 3.96. The molecule has 0 unspecified atom stereocenters. The summed E-state index contributed by atoms with van der Waals surface area (Å²) in [6.45, 7) is 2.84. The van der Waals surface area contributed by atoms with Gasteiger partial charge in [0.15, 0.2) is 5.69 Å². The Labute approximate surface area is 146 Å². The van der Waals surface area contributed by atoms with Gasteiger partial charge >= 0.3 is 0 Å². The van der Waals surface area contributed by atoms with E-state index in [1.807, 2.05) is 61.5 Å². The van der Waals surface area contributed by atoms with E-state index >= 15 is 0 Å². The van der Waals surface area contributed by atoms with Gasteiger partial charge in [-0.25, -0.2) is 4.68 Å². The zero-order chi connectivity index (χ0) is 17.6. The Morgan fingerprint density at radius 2 is 1.88 bits per heavy atom. The predicted molar refractivity (Wildman–Crippen MR) is 94.5 cm³/mol. The summed E-state index contributed by atoms with van der Waals surface area (Å²) in [5.74, 6) is 0.524. The number of benzene rings is 2. The molecule has 3 aromatic rings. The van der Waals surface area contributed by atoms with Crippen molar-refractivity contribution in [1.29, 1.82) is 0 Å². The van der Waals surface area contributed by atoms with Crippen molar-refractivity contribution in [2.75, 3.05) is 7.11 Å². The summed E-state index contributed by atoms with van der Waals surface area (Å²) >= 11 is 0. The molecule has 1 aromatic heterocycles. The lowest BCUT2D eigenvalue weighted by Crippen LogP contribution is -2.24. The minimum Gasteiger partial charge on any atom is -0.497 e. The molecule has 0 aliphatic heterocycles. The fourth-order valence-corrected chi connectivity index (χ4v) is 2.53. The van der Waals surface area contributed by atoms with Crippen LogP contribution in [0.15, 0.2) is 54.6 Å². The molecule has 128 valence electrons. The molecule has 0 spiro atoms. The number of amides is 1. The summed E-state index contributed by atoms with van der Waals surface area (Å²) in [5, 5.41) is 11.0. The van der Waals surface area contributed by atoms with Gasteiger partial charge in [0.2, 0.25) is 0 Å². The van der Waals surface area contributed by atoms with E-state index in [1.54, 1.807) is 11.8 Å². The van der Waals surface area contributed by atoms with E-state index in [0.29, 0.717) is 18.8 Å². The normalized spacial score (nSPS) is 10.5. The summed E-state index contributed by atoms with van der Waals surface area (Å²) in [5.41, 5.74) is 3.16. The molecule has 0 saturated carbocycles. The van der Waals surface area contributed by atoms with Crippen molar-refractivity contribution in [1.82, 2.24) is 20.3 Å². The third kappa shape index (κ3) is 4.03. The highest BCUT2D eigenvalue weighted by Gasteiger charge is 2.16. The van der Waals surface area contributed by atoms with Crippen LogP contribution in [0.1, 0.15) is 27.3 Å². The van der Waals surface area contributed by atoms with E-state index in [1.165, 1.54) is 0 Å². The van der Waals surface area contributed by atoms with Gasteiger partial charge in [-0.05, 0) is 30.2 Å². The summed E-state index contributed by atoms with van der Waals surface area (Å²) in [7, 11) is 1.62. The second kappa shape index (κ2) is 7.61. The third-order valence-electron chi connectivity index (χ3n) is 3.96. The van der Waals surface area contributed by atoms with Gasteiger partial charge in [-0.15, -0.1) is 5.10 Å².